The molecule has 2 heterocycles. The van der Waals surface area contributed by atoms with Crippen molar-refractivity contribution in [3.8, 4) is 5.75 Å². The first-order valence-corrected chi connectivity index (χ1v) is 8.10. The Bertz CT molecular complexity index is 885. The second-order valence-electron chi connectivity index (χ2n) is 4.99. The summed E-state index contributed by atoms with van der Waals surface area (Å²) in [6.45, 7) is 4.76. The van der Waals surface area contributed by atoms with Gasteiger partial charge in [0.1, 0.15) is 17.2 Å². The number of fused-ring (bicyclic) bond motifs is 1. The standard InChI is InChI=1S/C16H15ClN2O2S/c1-10-11(2)22-15-14(10)16(20)19(9-18-15)7-8-21-13-6-4-3-5-12(13)17/h3-6,9H,7-8H2,1-2H3. The second-order valence-corrected chi connectivity index (χ2v) is 6.60. The number of ether oxygens (including phenoxy) is 1. The largest absolute Gasteiger partial charge is 0.490 e. The highest BCUT2D eigenvalue weighted by Gasteiger charge is 2.12. The highest BCUT2D eigenvalue weighted by atomic mass is 35.5. The van der Waals surface area contributed by atoms with Gasteiger partial charge < -0.3 is 4.74 Å². The van der Waals surface area contributed by atoms with Crippen LogP contribution in [-0.4, -0.2) is 16.2 Å². The smallest absolute Gasteiger partial charge is 0.262 e. The lowest BCUT2D eigenvalue weighted by molar-refractivity contribution is 0.296. The van der Waals surface area contributed by atoms with Gasteiger partial charge in [0.15, 0.2) is 0 Å². The summed E-state index contributed by atoms with van der Waals surface area (Å²) in [7, 11) is 0. The Morgan fingerprint density at radius 1 is 1.32 bits per heavy atom. The molecule has 2 aromatic heterocycles. The Kier molecular flexibility index (Phi) is 4.18. The number of aromatic nitrogens is 2. The van der Waals surface area contributed by atoms with Crippen molar-refractivity contribution in [2.75, 3.05) is 6.61 Å². The molecule has 4 nitrogen and oxygen atoms in total. The molecule has 0 amide bonds. The third-order valence-electron chi connectivity index (χ3n) is 3.58. The minimum atomic E-state index is -0.0189. The summed E-state index contributed by atoms with van der Waals surface area (Å²) in [5.41, 5.74) is 0.994. The number of aryl methyl sites for hydroxylation is 2. The molecule has 6 heteroatoms. The Labute approximate surface area is 136 Å². The van der Waals surface area contributed by atoms with Gasteiger partial charge in [0, 0.05) is 4.88 Å². The SMILES string of the molecule is Cc1sc2ncn(CCOc3ccccc3Cl)c(=O)c2c1C. The second kappa shape index (κ2) is 6.10. The van der Waals surface area contributed by atoms with Crippen LogP contribution < -0.4 is 10.3 Å². The minimum Gasteiger partial charge on any atom is -0.490 e. The molecule has 0 unspecified atom stereocenters. The number of hydrogen-bond acceptors (Lipinski definition) is 4. The van der Waals surface area contributed by atoms with Gasteiger partial charge in [-0.3, -0.25) is 9.36 Å². The molecule has 0 bridgehead atoms. The molecular weight excluding hydrogens is 320 g/mol. The van der Waals surface area contributed by atoms with E-state index in [4.69, 9.17) is 16.3 Å². The fourth-order valence-corrected chi connectivity index (χ4v) is 3.42. The van der Waals surface area contributed by atoms with Crippen molar-refractivity contribution in [2.24, 2.45) is 0 Å². The molecule has 0 radical (unpaired) electrons. The maximum atomic E-state index is 12.5. The van der Waals surface area contributed by atoms with Crippen molar-refractivity contribution in [3.05, 3.63) is 56.4 Å². The van der Waals surface area contributed by atoms with Crippen LogP contribution in [0, 0.1) is 13.8 Å². The number of nitrogens with zero attached hydrogens (tertiary/aromatic N) is 2. The van der Waals surface area contributed by atoms with E-state index in [0.717, 1.165) is 15.3 Å². The van der Waals surface area contributed by atoms with Crippen molar-refractivity contribution in [3.63, 3.8) is 0 Å². The number of halogens is 1. The fraction of sp³-hybridized carbons (Fsp3) is 0.250. The van der Waals surface area contributed by atoms with Crippen LogP contribution in [0.4, 0.5) is 0 Å². The van der Waals surface area contributed by atoms with Gasteiger partial charge in [0.2, 0.25) is 0 Å². The normalized spacial score (nSPS) is 11.0. The van der Waals surface area contributed by atoms with Crippen LogP contribution in [0.15, 0.2) is 35.4 Å². The maximum absolute atomic E-state index is 12.5. The monoisotopic (exact) mass is 334 g/mol. The Morgan fingerprint density at radius 2 is 2.09 bits per heavy atom. The molecule has 0 spiro atoms. The number of thiophene rings is 1. The molecule has 0 N–H and O–H groups in total. The topological polar surface area (TPSA) is 44.1 Å². The lowest BCUT2D eigenvalue weighted by atomic mass is 10.2. The molecule has 1 aromatic carbocycles. The summed E-state index contributed by atoms with van der Waals surface area (Å²) in [5.74, 6) is 0.619. The molecule has 0 aliphatic carbocycles. The number of hydrogen-bond donors (Lipinski definition) is 0. The zero-order chi connectivity index (χ0) is 15.7. The zero-order valence-electron chi connectivity index (χ0n) is 12.3. The van der Waals surface area contributed by atoms with E-state index in [1.165, 1.54) is 0 Å². The van der Waals surface area contributed by atoms with Crippen LogP contribution in [0.1, 0.15) is 10.4 Å². The molecular formula is C16H15ClN2O2S. The highest BCUT2D eigenvalue weighted by molar-refractivity contribution is 7.18. The Balaban J connectivity index is 1.80. The van der Waals surface area contributed by atoms with E-state index in [9.17, 15) is 4.79 Å². The van der Waals surface area contributed by atoms with Gasteiger partial charge in [-0.15, -0.1) is 11.3 Å². The first-order valence-electron chi connectivity index (χ1n) is 6.90. The van der Waals surface area contributed by atoms with Crippen LogP contribution in [-0.2, 0) is 6.54 Å². The molecule has 3 rings (SSSR count). The molecule has 22 heavy (non-hydrogen) atoms. The van der Waals surface area contributed by atoms with Crippen molar-refractivity contribution in [1.29, 1.82) is 0 Å². The summed E-state index contributed by atoms with van der Waals surface area (Å²) >= 11 is 7.59. The summed E-state index contributed by atoms with van der Waals surface area (Å²) in [4.78, 5) is 18.8. The van der Waals surface area contributed by atoms with Gasteiger partial charge in [-0.2, -0.15) is 0 Å². The van der Waals surface area contributed by atoms with Crippen molar-refractivity contribution >= 4 is 33.2 Å². The van der Waals surface area contributed by atoms with E-state index in [0.29, 0.717) is 29.3 Å². The van der Waals surface area contributed by atoms with E-state index in [1.54, 1.807) is 34.4 Å². The number of benzene rings is 1. The minimum absolute atomic E-state index is 0.0189. The molecule has 0 aliphatic heterocycles. The van der Waals surface area contributed by atoms with Crippen LogP contribution in [0.25, 0.3) is 10.2 Å². The Morgan fingerprint density at radius 3 is 2.86 bits per heavy atom. The van der Waals surface area contributed by atoms with E-state index in [2.05, 4.69) is 4.98 Å². The lowest BCUT2D eigenvalue weighted by Gasteiger charge is -2.09. The molecule has 3 aromatic rings. The maximum Gasteiger partial charge on any atom is 0.262 e. The molecule has 114 valence electrons. The summed E-state index contributed by atoms with van der Waals surface area (Å²) in [6, 6.07) is 7.28. The molecule has 0 atom stereocenters. The summed E-state index contributed by atoms with van der Waals surface area (Å²) < 4.78 is 7.21. The van der Waals surface area contributed by atoms with E-state index in [-0.39, 0.29) is 5.56 Å². The van der Waals surface area contributed by atoms with Crippen LogP contribution in [0.2, 0.25) is 5.02 Å². The molecule has 0 saturated carbocycles. The first-order chi connectivity index (χ1) is 10.6. The third-order valence-corrected chi connectivity index (χ3v) is 5.01. The van der Waals surface area contributed by atoms with Crippen LogP contribution >= 0.6 is 22.9 Å². The van der Waals surface area contributed by atoms with E-state index < -0.39 is 0 Å². The summed E-state index contributed by atoms with van der Waals surface area (Å²) in [6.07, 6.45) is 1.58. The number of rotatable bonds is 4. The fourth-order valence-electron chi connectivity index (χ4n) is 2.24. The number of para-hydroxylation sites is 1. The summed E-state index contributed by atoms with van der Waals surface area (Å²) in [5, 5.41) is 1.27. The van der Waals surface area contributed by atoms with Crippen LogP contribution in [0.5, 0.6) is 5.75 Å². The van der Waals surface area contributed by atoms with E-state index in [1.807, 2.05) is 26.0 Å². The van der Waals surface area contributed by atoms with Gasteiger partial charge in [-0.05, 0) is 31.5 Å². The third kappa shape index (κ3) is 2.74. The molecule has 0 aliphatic rings. The zero-order valence-corrected chi connectivity index (χ0v) is 13.9. The molecule has 0 fully saturated rings. The predicted octanol–water partition coefficient (Wildman–Crippen LogP) is 3.81. The van der Waals surface area contributed by atoms with Gasteiger partial charge in [0.05, 0.1) is 23.3 Å². The van der Waals surface area contributed by atoms with Gasteiger partial charge in [-0.1, -0.05) is 23.7 Å². The first kappa shape index (κ1) is 15.1. The van der Waals surface area contributed by atoms with Crippen LogP contribution in [0.3, 0.4) is 0 Å². The van der Waals surface area contributed by atoms with Crippen molar-refractivity contribution in [1.82, 2.24) is 9.55 Å². The average molecular weight is 335 g/mol. The van der Waals surface area contributed by atoms with Gasteiger partial charge >= 0.3 is 0 Å². The molecule has 0 saturated heterocycles. The quantitative estimate of drug-likeness (QED) is 0.728. The van der Waals surface area contributed by atoms with E-state index >= 15 is 0 Å². The average Bonchev–Trinajstić information content (AvgIpc) is 2.79. The lowest BCUT2D eigenvalue weighted by Crippen LogP contribution is -2.23. The van der Waals surface area contributed by atoms with Crippen molar-refractivity contribution in [2.45, 2.75) is 20.4 Å². The van der Waals surface area contributed by atoms with Gasteiger partial charge in [-0.25, -0.2) is 4.98 Å². The highest BCUT2D eigenvalue weighted by Crippen LogP contribution is 2.25. The van der Waals surface area contributed by atoms with Gasteiger partial charge in [0.25, 0.3) is 5.56 Å². The predicted molar refractivity (Wildman–Crippen MR) is 90.3 cm³/mol. The Hall–Kier alpha value is -1.85. The van der Waals surface area contributed by atoms with Crippen molar-refractivity contribution < 1.29 is 4.74 Å².